The van der Waals surface area contributed by atoms with Crippen molar-refractivity contribution in [1.82, 2.24) is 5.32 Å². The molecule has 0 radical (unpaired) electrons. The summed E-state index contributed by atoms with van der Waals surface area (Å²) in [6, 6.07) is 26.6. The summed E-state index contributed by atoms with van der Waals surface area (Å²) in [5, 5.41) is 3.10. The molecule has 0 heterocycles. The number of amides is 1. The number of carbonyl (C=O) groups excluding carboxylic acids is 1. The Morgan fingerprint density at radius 2 is 1.47 bits per heavy atom. The molecular formula is C29H27ClN2O3S. The summed E-state index contributed by atoms with van der Waals surface area (Å²) >= 11 is 6.28. The van der Waals surface area contributed by atoms with Crippen molar-refractivity contribution in [2.45, 2.75) is 31.7 Å². The predicted octanol–water partition coefficient (Wildman–Crippen LogP) is 6.59. The van der Waals surface area contributed by atoms with E-state index in [1.807, 2.05) is 81.4 Å². The van der Waals surface area contributed by atoms with Crippen LogP contribution in [0.4, 0.5) is 5.69 Å². The van der Waals surface area contributed by atoms with Crippen LogP contribution in [0.25, 0.3) is 0 Å². The highest BCUT2D eigenvalue weighted by atomic mass is 35.5. The van der Waals surface area contributed by atoms with Gasteiger partial charge in [0, 0.05) is 11.3 Å². The first-order valence-corrected chi connectivity index (χ1v) is 13.3. The lowest BCUT2D eigenvalue weighted by molar-refractivity contribution is 0.0942. The van der Waals surface area contributed by atoms with Crippen LogP contribution in [0.2, 0.25) is 5.02 Å². The van der Waals surface area contributed by atoms with Crippen molar-refractivity contribution in [2.24, 2.45) is 0 Å². The van der Waals surface area contributed by atoms with Gasteiger partial charge >= 0.3 is 0 Å². The van der Waals surface area contributed by atoms with Gasteiger partial charge < -0.3 is 5.32 Å². The number of carbonyl (C=O) groups is 1. The third kappa shape index (κ3) is 5.61. The van der Waals surface area contributed by atoms with Crippen molar-refractivity contribution in [2.75, 3.05) is 4.72 Å². The summed E-state index contributed by atoms with van der Waals surface area (Å²) in [6.45, 7) is 5.84. The van der Waals surface area contributed by atoms with Gasteiger partial charge in [0.15, 0.2) is 0 Å². The minimum atomic E-state index is -4.03. The van der Waals surface area contributed by atoms with Crippen LogP contribution >= 0.6 is 11.6 Å². The van der Waals surface area contributed by atoms with Crippen LogP contribution in [0.1, 0.15) is 44.2 Å². The second-order valence-electron chi connectivity index (χ2n) is 8.72. The van der Waals surface area contributed by atoms with Crippen LogP contribution in [0.15, 0.2) is 95.9 Å². The Hall–Kier alpha value is -3.61. The second kappa shape index (κ2) is 10.6. The average Bonchev–Trinajstić information content (AvgIpc) is 2.86. The highest BCUT2D eigenvalue weighted by Gasteiger charge is 2.23. The first kappa shape index (κ1) is 25.5. The molecule has 7 heteroatoms. The number of hydrogen-bond acceptors (Lipinski definition) is 3. The summed E-state index contributed by atoms with van der Waals surface area (Å²) in [6.07, 6.45) is 0. The van der Waals surface area contributed by atoms with E-state index in [2.05, 4.69) is 10.0 Å². The van der Waals surface area contributed by atoms with Gasteiger partial charge in [0.2, 0.25) is 0 Å². The molecule has 0 fully saturated rings. The molecule has 1 atom stereocenters. The summed E-state index contributed by atoms with van der Waals surface area (Å²) in [5.74, 6) is -0.411. The van der Waals surface area contributed by atoms with Gasteiger partial charge in [0.25, 0.3) is 15.9 Å². The number of anilines is 1. The number of halogens is 1. The maximum absolute atomic E-state index is 13.4. The summed E-state index contributed by atoms with van der Waals surface area (Å²) in [5.41, 5.74) is 5.52. The van der Waals surface area contributed by atoms with Crippen LogP contribution < -0.4 is 10.0 Å². The first-order valence-electron chi connectivity index (χ1n) is 11.5. The molecule has 0 bridgehead atoms. The van der Waals surface area contributed by atoms with Gasteiger partial charge in [-0.05, 0) is 78.9 Å². The molecule has 0 aliphatic rings. The minimum Gasteiger partial charge on any atom is -0.341 e. The lowest BCUT2D eigenvalue weighted by atomic mass is 9.94. The Morgan fingerprint density at radius 3 is 2.17 bits per heavy atom. The molecule has 5 nitrogen and oxygen atoms in total. The van der Waals surface area contributed by atoms with E-state index >= 15 is 0 Å². The Balaban J connectivity index is 1.66. The van der Waals surface area contributed by atoms with E-state index < -0.39 is 22.0 Å². The van der Waals surface area contributed by atoms with Crippen molar-refractivity contribution in [3.05, 3.63) is 129 Å². The van der Waals surface area contributed by atoms with Gasteiger partial charge in [-0.2, -0.15) is 0 Å². The maximum atomic E-state index is 13.4. The Bertz CT molecular complexity index is 1520. The number of nitrogens with one attached hydrogen (secondary N) is 2. The van der Waals surface area contributed by atoms with E-state index in [0.29, 0.717) is 5.69 Å². The van der Waals surface area contributed by atoms with Gasteiger partial charge in [-0.15, -0.1) is 0 Å². The number of hydrogen-bond donors (Lipinski definition) is 2. The fourth-order valence-corrected chi connectivity index (χ4v) is 5.55. The average molecular weight is 519 g/mol. The zero-order valence-electron chi connectivity index (χ0n) is 20.2. The normalized spacial score (nSPS) is 12.1. The van der Waals surface area contributed by atoms with Crippen molar-refractivity contribution < 1.29 is 13.2 Å². The quantitative estimate of drug-likeness (QED) is 0.290. The molecule has 0 saturated heterocycles. The Labute approximate surface area is 217 Å². The molecule has 2 N–H and O–H groups in total. The number of aryl methyl sites for hydroxylation is 3. The number of rotatable bonds is 7. The first-order chi connectivity index (χ1) is 17.2. The van der Waals surface area contributed by atoms with Gasteiger partial charge in [0.1, 0.15) is 4.90 Å². The summed E-state index contributed by atoms with van der Waals surface area (Å²) in [7, 11) is -4.03. The van der Waals surface area contributed by atoms with Crippen molar-refractivity contribution in [1.29, 1.82) is 0 Å². The van der Waals surface area contributed by atoms with Crippen LogP contribution in [0.3, 0.4) is 0 Å². The van der Waals surface area contributed by atoms with Crippen LogP contribution in [-0.4, -0.2) is 14.3 Å². The topological polar surface area (TPSA) is 75.3 Å². The van der Waals surface area contributed by atoms with Crippen molar-refractivity contribution in [3.63, 3.8) is 0 Å². The highest BCUT2D eigenvalue weighted by Crippen LogP contribution is 2.28. The zero-order chi connectivity index (χ0) is 25.9. The van der Waals surface area contributed by atoms with Gasteiger partial charge in [-0.1, -0.05) is 72.3 Å². The standard InChI is InChI=1S/C29H27ClN2O3S/c1-19-13-15-24(17-21(19)3)32-36(34,35)27-18-23(14-16-26(27)30)29(33)31-28(22-10-5-4-6-11-22)25-12-8-7-9-20(25)2/h4-18,28,32H,1-3H3,(H,31,33)/t28-/m1/s1. The molecule has 4 aromatic rings. The molecular weight excluding hydrogens is 492 g/mol. The molecule has 4 rings (SSSR count). The molecule has 0 aromatic heterocycles. The number of sulfonamides is 1. The van der Waals surface area contributed by atoms with E-state index in [0.717, 1.165) is 27.8 Å². The molecule has 1 amide bonds. The van der Waals surface area contributed by atoms with Crippen molar-refractivity contribution >= 4 is 33.2 Å². The Morgan fingerprint density at radius 1 is 0.778 bits per heavy atom. The van der Waals surface area contributed by atoms with E-state index in [4.69, 9.17) is 11.6 Å². The lowest BCUT2D eigenvalue weighted by Gasteiger charge is -2.22. The fraction of sp³-hybridized carbons (Fsp3) is 0.138. The summed E-state index contributed by atoms with van der Waals surface area (Å²) in [4.78, 5) is 13.2. The molecule has 0 spiro atoms. The molecule has 4 aromatic carbocycles. The van der Waals surface area contributed by atoms with Gasteiger partial charge in [-0.3, -0.25) is 9.52 Å². The molecule has 0 aliphatic heterocycles. The van der Waals surface area contributed by atoms with E-state index in [-0.39, 0.29) is 15.5 Å². The second-order valence-corrected chi connectivity index (χ2v) is 10.8. The zero-order valence-corrected chi connectivity index (χ0v) is 21.8. The van der Waals surface area contributed by atoms with E-state index in [1.165, 1.54) is 18.2 Å². The Kier molecular flexibility index (Phi) is 7.48. The highest BCUT2D eigenvalue weighted by molar-refractivity contribution is 7.92. The maximum Gasteiger partial charge on any atom is 0.263 e. The molecule has 0 unspecified atom stereocenters. The van der Waals surface area contributed by atoms with Crippen LogP contribution in [-0.2, 0) is 10.0 Å². The molecule has 184 valence electrons. The third-order valence-corrected chi connectivity index (χ3v) is 8.01. The predicted molar refractivity (Wildman–Crippen MR) is 145 cm³/mol. The molecule has 0 saturated carbocycles. The van der Waals surface area contributed by atoms with E-state index in [9.17, 15) is 13.2 Å². The lowest BCUT2D eigenvalue weighted by Crippen LogP contribution is -2.30. The molecule has 36 heavy (non-hydrogen) atoms. The smallest absolute Gasteiger partial charge is 0.263 e. The van der Waals surface area contributed by atoms with E-state index in [1.54, 1.807) is 12.1 Å². The summed E-state index contributed by atoms with van der Waals surface area (Å²) < 4.78 is 28.9. The third-order valence-electron chi connectivity index (χ3n) is 6.15. The monoisotopic (exact) mass is 518 g/mol. The molecule has 0 aliphatic carbocycles. The SMILES string of the molecule is Cc1ccc(NS(=O)(=O)c2cc(C(=O)N[C@H](c3ccccc3)c3ccccc3C)ccc2Cl)cc1C. The van der Waals surface area contributed by atoms with Crippen LogP contribution in [0.5, 0.6) is 0 Å². The van der Waals surface area contributed by atoms with Crippen molar-refractivity contribution in [3.8, 4) is 0 Å². The largest absolute Gasteiger partial charge is 0.341 e. The number of benzene rings is 4. The van der Waals surface area contributed by atoms with Gasteiger partial charge in [0.05, 0.1) is 11.1 Å². The minimum absolute atomic E-state index is 0.0291. The van der Waals surface area contributed by atoms with Gasteiger partial charge in [-0.25, -0.2) is 8.42 Å². The van der Waals surface area contributed by atoms with Crippen LogP contribution in [0, 0.1) is 20.8 Å². The fourth-order valence-electron chi connectivity index (χ4n) is 3.98.